The molecule has 1 aliphatic rings. The summed E-state index contributed by atoms with van der Waals surface area (Å²) in [6, 6.07) is 26.2. The van der Waals surface area contributed by atoms with Crippen LogP contribution in [0.15, 0.2) is 91.0 Å². The van der Waals surface area contributed by atoms with E-state index in [1.165, 1.54) is 11.1 Å². The summed E-state index contributed by atoms with van der Waals surface area (Å²) in [5.41, 5.74) is 4.46. The van der Waals surface area contributed by atoms with Gasteiger partial charge in [-0.2, -0.15) is 0 Å². The summed E-state index contributed by atoms with van der Waals surface area (Å²) in [5, 5.41) is 5.54. The van der Waals surface area contributed by atoms with E-state index >= 15 is 0 Å². The zero-order chi connectivity index (χ0) is 20.8. The first-order valence-electron chi connectivity index (χ1n) is 9.96. The number of hydrogen-bond acceptors (Lipinski definition) is 2. The number of carbonyl (C=O) groups excluding carboxylic acids is 2. The molecule has 3 aromatic rings. The van der Waals surface area contributed by atoms with Crippen molar-refractivity contribution < 1.29 is 9.59 Å². The molecule has 30 heavy (non-hydrogen) atoms. The minimum Gasteiger partial charge on any atom is -0.335 e. The third-order valence-electron chi connectivity index (χ3n) is 5.06. The Balaban J connectivity index is 1.34. The van der Waals surface area contributed by atoms with Gasteiger partial charge in [-0.05, 0) is 54.0 Å². The highest BCUT2D eigenvalue weighted by molar-refractivity contribution is 6.00. The molecule has 1 aliphatic heterocycles. The summed E-state index contributed by atoms with van der Waals surface area (Å²) < 4.78 is 0. The molecule has 5 heteroatoms. The highest BCUT2D eigenvalue weighted by atomic mass is 16.2. The second-order valence-corrected chi connectivity index (χ2v) is 7.12. The van der Waals surface area contributed by atoms with Gasteiger partial charge in [-0.25, -0.2) is 4.79 Å². The van der Waals surface area contributed by atoms with E-state index in [0.717, 1.165) is 12.1 Å². The molecule has 0 bridgehead atoms. The summed E-state index contributed by atoms with van der Waals surface area (Å²) >= 11 is 0. The first-order chi connectivity index (χ1) is 14.7. The number of nitrogens with zero attached hydrogens (tertiary/aromatic N) is 1. The quantitative estimate of drug-likeness (QED) is 0.631. The van der Waals surface area contributed by atoms with Gasteiger partial charge in [-0.1, -0.05) is 54.6 Å². The van der Waals surface area contributed by atoms with Crippen LogP contribution in [0, 0.1) is 0 Å². The first kappa shape index (κ1) is 19.5. The van der Waals surface area contributed by atoms with Crippen LogP contribution < -0.4 is 10.6 Å². The highest BCUT2D eigenvalue weighted by Gasteiger charge is 2.19. The molecular weight excluding hydrogens is 374 g/mol. The van der Waals surface area contributed by atoms with Crippen LogP contribution >= 0.6 is 0 Å². The molecule has 1 heterocycles. The lowest BCUT2D eigenvalue weighted by atomic mass is 9.99. The van der Waals surface area contributed by atoms with Crippen LogP contribution in [0.2, 0.25) is 0 Å². The number of hydrogen-bond donors (Lipinski definition) is 2. The molecule has 0 radical (unpaired) electrons. The van der Waals surface area contributed by atoms with Gasteiger partial charge < -0.3 is 15.5 Å². The van der Waals surface area contributed by atoms with Gasteiger partial charge in [-0.3, -0.25) is 4.79 Å². The predicted molar refractivity (Wildman–Crippen MR) is 120 cm³/mol. The van der Waals surface area contributed by atoms with E-state index in [1.807, 2.05) is 53.4 Å². The SMILES string of the molecule is O=C(Nc1ccccc1)Nc1ccc(C(=O)N2CC=C(c3ccccc3)CC2)cc1. The van der Waals surface area contributed by atoms with Crippen molar-refractivity contribution in [2.45, 2.75) is 6.42 Å². The third-order valence-corrected chi connectivity index (χ3v) is 5.06. The maximum absolute atomic E-state index is 12.8. The number of anilines is 2. The van der Waals surface area contributed by atoms with Crippen molar-refractivity contribution in [3.63, 3.8) is 0 Å². The summed E-state index contributed by atoms with van der Waals surface area (Å²) in [7, 11) is 0. The van der Waals surface area contributed by atoms with Gasteiger partial charge in [0, 0.05) is 30.0 Å². The number of para-hydroxylation sites is 1. The Morgan fingerprint density at radius 1 is 0.733 bits per heavy atom. The Kier molecular flexibility index (Phi) is 5.90. The van der Waals surface area contributed by atoms with Crippen LogP contribution in [-0.2, 0) is 0 Å². The van der Waals surface area contributed by atoms with Crippen molar-refractivity contribution in [2.24, 2.45) is 0 Å². The van der Waals surface area contributed by atoms with E-state index < -0.39 is 0 Å². The summed E-state index contributed by atoms with van der Waals surface area (Å²) in [5.74, 6) is -0.00125. The number of nitrogens with one attached hydrogen (secondary N) is 2. The second-order valence-electron chi connectivity index (χ2n) is 7.12. The monoisotopic (exact) mass is 397 g/mol. The summed E-state index contributed by atoms with van der Waals surface area (Å²) in [6.45, 7) is 1.29. The molecule has 3 aromatic carbocycles. The van der Waals surface area contributed by atoms with Crippen molar-refractivity contribution in [3.8, 4) is 0 Å². The van der Waals surface area contributed by atoms with Gasteiger partial charge in [-0.15, -0.1) is 0 Å². The largest absolute Gasteiger partial charge is 0.335 e. The van der Waals surface area contributed by atoms with Gasteiger partial charge in [0.15, 0.2) is 0 Å². The lowest BCUT2D eigenvalue weighted by Gasteiger charge is -2.27. The fraction of sp³-hybridized carbons (Fsp3) is 0.120. The Labute approximate surface area is 176 Å². The number of amides is 3. The Hall–Kier alpha value is -3.86. The van der Waals surface area contributed by atoms with Crippen LogP contribution in [-0.4, -0.2) is 29.9 Å². The van der Waals surface area contributed by atoms with Crippen molar-refractivity contribution in [1.29, 1.82) is 0 Å². The minimum atomic E-state index is -0.324. The fourth-order valence-electron chi connectivity index (χ4n) is 3.46. The van der Waals surface area contributed by atoms with E-state index in [2.05, 4.69) is 28.8 Å². The first-order valence-corrected chi connectivity index (χ1v) is 9.96. The van der Waals surface area contributed by atoms with Crippen molar-refractivity contribution in [3.05, 3.63) is 102 Å². The molecule has 4 rings (SSSR count). The Morgan fingerprint density at radius 2 is 1.33 bits per heavy atom. The van der Waals surface area contributed by atoms with Crippen LogP contribution in [0.3, 0.4) is 0 Å². The Morgan fingerprint density at radius 3 is 1.93 bits per heavy atom. The molecule has 0 unspecified atom stereocenters. The number of urea groups is 1. The van der Waals surface area contributed by atoms with Gasteiger partial charge in [0.2, 0.25) is 0 Å². The van der Waals surface area contributed by atoms with Gasteiger partial charge in [0.05, 0.1) is 0 Å². The maximum atomic E-state index is 12.8. The van der Waals surface area contributed by atoms with Crippen molar-refractivity contribution in [1.82, 2.24) is 4.90 Å². The average molecular weight is 397 g/mol. The molecular formula is C25H23N3O2. The number of benzene rings is 3. The molecule has 0 atom stereocenters. The predicted octanol–water partition coefficient (Wildman–Crippen LogP) is 5.26. The summed E-state index contributed by atoms with van der Waals surface area (Å²) in [6.07, 6.45) is 2.97. The molecule has 0 fully saturated rings. The van der Waals surface area contributed by atoms with Crippen LogP contribution in [0.4, 0.5) is 16.2 Å². The molecule has 3 amide bonds. The normalized spacial score (nSPS) is 13.3. The minimum absolute atomic E-state index is 0.00125. The van der Waals surface area contributed by atoms with E-state index in [9.17, 15) is 9.59 Å². The number of rotatable bonds is 4. The number of carbonyl (C=O) groups is 2. The molecule has 2 N–H and O–H groups in total. The zero-order valence-electron chi connectivity index (χ0n) is 16.5. The summed E-state index contributed by atoms with van der Waals surface area (Å²) in [4.78, 5) is 26.8. The van der Waals surface area contributed by atoms with Crippen LogP contribution in [0.1, 0.15) is 22.3 Å². The second kappa shape index (κ2) is 9.09. The third kappa shape index (κ3) is 4.75. The molecule has 0 saturated carbocycles. The van der Waals surface area contributed by atoms with Crippen molar-refractivity contribution in [2.75, 3.05) is 23.7 Å². The fourth-order valence-corrected chi connectivity index (χ4v) is 3.46. The molecule has 5 nitrogen and oxygen atoms in total. The zero-order valence-corrected chi connectivity index (χ0v) is 16.5. The molecule has 0 aromatic heterocycles. The van der Waals surface area contributed by atoms with Crippen LogP contribution in [0.5, 0.6) is 0 Å². The van der Waals surface area contributed by atoms with E-state index in [4.69, 9.17) is 0 Å². The van der Waals surface area contributed by atoms with Crippen LogP contribution in [0.25, 0.3) is 5.57 Å². The lowest BCUT2D eigenvalue weighted by Crippen LogP contribution is -2.34. The maximum Gasteiger partial charge on any atom is 0.323 e. The topological polar surface area (TPSA) is 61.4 Å². The molecule has 0 spiro atoms. The van der Waals surface area contributed by atoms with Gasteiger partial charge in [0.25, 0.3) is 5.91 Å². The van der Waals surface area contributed by atoms with Gasteiger partial charge >= 0.3 is 6.03 Å². The molecule has 0 saturated heterocycles. The Bertz CT molecular complexity index is 1040. The average Bonchev–Trinajstić information content (AvgIpc) is 2.80. The van der Waals surface area contributed by atoms with Gasteiger partial charge in [0.1, 0.15) is 0 Å². The lowest BCUT2D eigenvalue weighted by molar-refractivity contribution is 0.0773. The highest BCUT2D eigenvalue weighted by Crippen LogP contribution is 2.23. The van der Waals surface area contributed by atoms with E-state index in [0.29, 0.717) is 24.3 Å². The standard InChI is InChI=1S/C25H23N3O2/c29-24(28-17-15-20(16-18-28)19-7-3-1-4-8-19)21-11-13-23(14-12-21)27-25(30)26-22-9-5-2-6-10-22/h1-15H,16-18H2,(H2,26,27,30). The smallest absolute Gasteiger partial charge is 0.323 e. The van der Waals surface area contributed by atoms with E-state index in [-0.39, 0.29) is 11.9 Å². The van der Waals surface area contributed by atoms with Crippen molar-refractivity contribution >= 4 is 28.9 Å². The van der Waals surface area contributed by atoms with E-state index in [1.54, 1.807) is 24.3 Å². The molecule has 150 valence electrons. The molecule has 0 aliphatic carbocycles.